The summed E-state index contributed by atoms with van der Waals surface area (Å²) in [7, 11) is -10.0. The van der Waals surface area contributed by atoms with E-state index >= 15 is 0 Å². The van der Waals surface area contributed by atoms with Gasteiger partial charge in [0.1, 0.15) is 19.3 Å². The molecule has 5 unspecified atom stereocenters. The molecule has 0 radical (unpaired) electrons. The Kier molecular flexibility index (Phi) is 72.2. The van der Waals surface area contributed by atoms with Gasteiger partial charge >= 0.3 is 39.5 Å². The molecular weight excluding hydrogens is 1380 g/mol. The summed E-state index contributed by atoms with van der Waals surface area (Å²) in [5.41, 5.74) is 0. The Bertz CT molecular complexity index is 2830. The summed E-state index contributed by atoms with van der Waals surface area (Å²) in [6, 6.07) is 0. The lowest BCUT2D eigenvalue weighted by atomic mass is 10.1. The Morgan fingerprint density at radius 3 is 0.802 bits per heavy atom. The second-order valence-corrected chi connectivity index (χ2v) is 28.0. The van der Waals surface area contributed by atoms with E-state index in [-0.39, 0.29) is 25.7 Å². The van der Waals surface area contributed by atoms with E-state index in [0.717, 1.165) is 180 Å². The largest absolute Gasteiger partial charge is 0.472 e. The molecule has 0 saturated heterocycles. The third kappa shape index (κ3) is 75.9. The van der Waals surface area contributed by atoms with Gasteiger partial charge in [-0.05, 0) is 167 Å². The zero-order valence-electron chi connectivity index (χ0n) is 65.0. The Morgan fingerprint density at radius 1 is 0.274 bits per heavy atom. The molecule has 3 N–H and O–H groups in total. The Morgan fingerprint density at radius 2 is 0.500 bits per heavy atom. The predicted octanol–water partition coefficient (Wildman–Crippen LogP) is 23.1. The van der Waals surface area contributed by atoms with E-state index in [1.807, 2.05) is 18.2 Å². The molecule has 0 fully saturated rings. The second kappa shape index (κ2) is 76.8. The maximum atomic E-state index is 13.1. The molecule has 0 aromatic rings. The van der Waals surface area contributed by atoms with E-state index in [1.54, 1.807) is 6.08 Å². The second-order valence-electron chi connectivity index (χ2n) is 25.1. The lowest BCUT2D eigenvalue weighted by molar-refractivity contribution is -0.161. The fourth-order valence-electron chi connectivity index (χ4n) is 9.44. The zero-order valence-corrected chi connectivity index (χ0v) is 66.8. The van der Waals surface area contributed by atoms with Gasteiger partial charge in [0.15, 0.2) is 12.2 Å². The first-order chi connectivity index (χ1) is 51.7. The van der Waals surface area contributed by atoms with Crippen LogP contribution in [0.15, 0.2) is 207 Å². The number of hydrogen-bond acceptors (Lipinski definition) is 15. The number of ether oxygens (including phenoxy) is 4. The van der Waals surface area contributed by atoms with Crippen molar-refractivity contribution in [3.63, 3.8) is 0 Å². The smallest absolute Gasteiger partial charge is 0.462 e. The highest BCUT2D eigenvalue weighted by Gasteiger charge is 2.30. The molecular formula is C87H136O17P2. The van der Waals surface area contributed by atoms with Crippen molar-refractivity contribution in [3.8, 4) is 0 Å². The molecule has 0 aromatic heterocycles. The number of rotatable bonds is 71. The van der Waals surface area contributed by atoms with Gasteiger partial charge in [0.2, 0.25) is 0 Å². The molecule has 17 nitrogen and oxygen atoms in total. The quantitative estimate of drug-likeness (QED) is 0.0169. The van der Waals surface area contributed by atoms with Crippen molar-refractivity contribution in [2.75, 3.05) is 39.6 Å². The summed E-state index contributed by atoms with van der Waals surface area (Å²) >= 11 is 0. The zero-order chi connectivity index (χ0) is 77.4. The van der Waals surface area contributed by atoms with Crippen molar-refractivity contribution in [1.82, 2.24) is 0 Å². The minimum atomic E-state index is -5.02. The first-order valence-corrected chi connectivity index (χ1v) is 42.3. The van der Waals surface area contributed by atoms with E-state index in [4.69, 9.17) is 37.0 Å². The van der Waals surface area contributed by atoms with Crippen LogP contribution in [0.4, 0.5) is 0 Å². The summed E-state index contributed by atoms with van der Waals surface area (Å²) < 4.78 is 68.4. The third-order valence-electron chi connectivity index (χ3n) is 15.3. The number of carbonyl (C=O) groups is 4. The number of hydrogen-bond donors (Lipinski definition) is 3. The fraction of sp³-hybridized carbons (Fsp3) is 0.563. The number of allylic oxidation sites excluding steroid dienone is 33. The van der Waals surface area contributed by atoms with Crippen molar-refractivity contribution < 1.29 is 80.2 Å². The van der Waals surface area contributed by atoms with Crippen LogP contribution in [0.25, 0.3) is 0 Å². The normalized spacial score (nSPS) is 15.0. The lowest BCUT2D eigenvalue weighted by Gasteiger charge is -2.21. The van der Waals surface area contributed by atoms with Gasteiger partial charge in [-0.15, -0.1) is 0 Å². The highest BCUT2D eigenvalue weighted by Crippen LogP contribution is 2.45. The van der Waals surface area contributed by atoms with Crippen molar-refractivity contribution in [2.24, 2.45) is 0 Å². The molecule has 0 amide bonds. The minimum Gasteiger partial charge on any atom is -0.462 e. The highest BCUT2D eigenvalue weighted by molar-refractivity contribution is 7.47. The average molecular weight is 1520 g/mol. The fourth-order valence-corrected chi connectivity index (χ4v) is 11.0. The van der Waals surface area contributed by atoms with Gasteiger partial charge < -0.3 is 33.8 Å². The molecule has 0 aliphatic carbocycles. The molecule has 0 aliphatic heterocycles. The molecule has 0 rings (SSSR count). The van der Waals surface area contributed by atoms with Crippen LogP contribution in [0.5, 0.6) is 0 Å². The molecule has 19 heteroatoms. The molecule has 0 aliphatic rings. The van der Waals surface area contributed by atoms with Crippen LogP contribution in [-0.4, -0.2) is 96.7 Å². The Hall–Kier alpha value is -6.36. The summed E-state index contributed by atoms with van der Waals surface area (Å²) in [5.74, 6) is -2.43. The highest BCUT2D eigenvalue weighted by atomic mass is 31.2. The minimum absolute atomic E-state index is 0.0462. The molecule has 0 heterocycles. The van der Waals surface area contributed by atoms with Gasteiger partial charge in [-0.2, -0.15) is 0 Å². The van der Waals surface area contributed by atoms with Crippen LogP contribution >= 0.6 is 15.6 Å². The molecule has 0 bridgehead atoms. The molecule has 0 saturated carbocycles. The monoisotopic (exact) mass is 1510 g/mol. The van der Waals surface area contributed by atoms with Crippen LogP contribution in [0, 0.1) is 0 Å². The number of esters is 4. The van der Waals surface area contributed by atoms with Gasteiger partial charge in [-0.3, -0.25) is 37.3 Å². The van der Waals surface area contributed by atoms with Crippen molar-refractivity contribution in [2.45, 2.75) is 277 Å². The SMILES string of the molecule is CC/C=C\C/C=C\C/C=C\C/C=C\C/C=C\CCCCCC(=O)OCC(COP(=O)(O)OCC(O)COP(=O)(O)OCC(COC(=O)C/C=C\C/C=C\C/C=C\C/C=C\C/C=C\CC)OC(=O)CCCCCCC/C=C\C/C=C\C/C=C\CC)OC(=O)CCCCCC/C=C\C/C=C\C/C=C\C/C=C\CC. The summed E-state index contributed by atoms with van der Waals surface area (Å²) in [6.07, 6.45) is 95.5. The van der Waals surface area contributed by atoms with Crippen molar-refractivity contribution in [1.29, 1.82) is 0 Å². The number of phosphoric acid groups is 2. The van der Waals surface area contributed by atoms with Gasteiger partial charge in [-0.25, -0.2) is 9.13 Å². The van der Waals surface area contributed by atoms with E-state index in [9.17, 15) is 43.2 Å². The van der Waals surface area contributed by atoms with Crippen LogP contribution in [0.3, 0.4) is 0 Å². The number of phosphoric ester groups is 2. The first-order valence-electron chi connectivity index (χ1n) is 39.3. The molecule has 106 heavy (non-hydrogen) atoms. The topological polar surface area (TPSA) is 237 Å². The van der Waals surface area contributed by atoms with Crippen LogP contribution in [0.2, 0.25) is 0 Å². The first kappa shape index (κ1) is 99.6. The standard InChI is InChI=1S/C87H136O17P2/c1-5-9-13-17-21-25-29-33-37-39-40-42-45-48-52-56-60-64-68-72-85(90)98-78-83(104-87(92)74-70-66-62-58-54-50-46-41-38-34-30-26-22-18-14-10-6-2)80-102-106(95,96)100-76-81(88)75-99-105(93,94)101-79-82(103-86(91)73-69-65-61-57-53-49-44-36-32-28-24-20-16-12-8-4)77-97-84(89)71-67-63-59-55-51-47-43-35-31-27-23-19-15-11-7-3/h9-16,21-28,33-38,40,42-44,46,48,50-52,55,63,67,81-83,88H,5-8,17-20,29-32,39,41,45,47,49,53-54,56-62,64-66,68-80H2,1-4H3,(H,93,94)(H,95,96)/b13-9-,14-10-,15-11-,16-12-,25-21-,26-22-,27-23-,28-24-,37-33-,38-34-,42-40-,43-35-,44-36-,50-46-,52-48-,55-51-,67-63-. The van der Waals surface area contributed by atoms with Crippen LogP contribution < -0.4 is 0 Å². The summed E-state index contributed by atoms with van der Waals surface area (Å²) in [4.78, 5) is 73.0. The predicted molar refractivity (Wildman–Crippen MR) is 435 cm³/mol. The molecule has 0 spiro atoms. The van der Waals surface area contributed by atoms with E-state index in [2.05, 4.69) is 210 Å². The van der Waals surface area contributed by atoms with E-state index in [0.29, 0.717) is 25.7 Å². The lowest BCUT2D eigenvalue weighted by Crippen LogP contribution is -2.30. The van der Waals surface area contributed by atoms with E-state index < -0.39 is 97.5 Å². The number of aliphatic hydroxyl groups is 1. The maximum absolute atomic E-state index is 13.1. The van der Waals surface area contributed by atoms with Crippen LogP contribution in [-0.2, 0) is 65.4 Å². The molecule has 596 valence electrons. The Labute approximate surface area is 639 Å². The van der Waals surface area contributed by atoms with Crippen LogP contribution in [0.1, 0.15) is 259 Å². The van der Waals surface area contributed by atoms with Crippen molar-refractivity contribution >= 4 is 39.5 Å². The third-order valence-corrected chi connectivity index (χ3v) is 17.2. The number of carbonyl (C=O) groups excluding carboxylic acids is 4. The molecule has 5 atom stereocenters. The van der Waals surface area contributed by atoms with Gasteiger partial charge in [0.25, 0.3) is 0 Å². The van der Waals surface area contributed by atoms with Gasteiger partial charge in [0, 0.05) is 19.3 Å². The summed E-state index contributed by atoms with van der Waals surface area (Å²) in [6.45, 7) is 4.18. The Balaban J connectivity index is 5.53. The molecule has 0 aromatic carbocycles. The maximum Gasteiger partial charge on any atom is 0.472 e. The number of unbranched alkanes of at least 4 members (excludes halogenated alkanes) is 12. The van der Waals surface area contributed by atoms with Crippen molar-refractivity contribution in [3.05, 3.63) is 207 Å². The average Bonchev–Trinajstić information content (AvgIpc) is 0.902. The van der Waals surface area contributed by atoms with Gasteiger partial charge in [-0.1, -0.05) is 273 Å². The number of aliphatic hydroxyl groups excluding tert-OH is 1. The summed E-state index contributed by atoms with van der Waals surface area (Å²) in [5, 5.41) is 10.6. The van der Waals surface area contributed by atoms with Gasteiger partial charge in [0.05, 0.1) is 32.8 Å². The van der Waals surface area contributed by atoms with E-state index in [1.165, 1.54) is 0 Å².